The second-order valence-corrected chi connectivity index (χ2v) is 7.95. The monoisotopic (exact) mass is 472 g/mol. The molecule has 4 rings (SSSR count). The van der Waals surface area contributed by atoms with Gasteiger partial charge >= 0.3 is 6.18 Å². The van der Waals surface area contributed by atoms with Gasteiger partial charge in [0.25, 0.3) is 5.56 Å². The lowest BCUT2D eigenvalue weighted by Gasteiger charge is -2.15. The normalized spacial score (nSPS) is 11.7. The van der Waals surface area contributed by atoms with E-state index >= 15 is 0 Å². The van der Waals surface area contributed by atoms with Gasteiger partial charge in [-0.3, -0.25) is 14.2 Å². The van der Waals surface area contributed by atoms with E-state index in [1.54, 1.807) is 12.1 Å². The van der Waals surface area contributed by atoms with E-state index in [-0.39, 0.29) is 22.4 Å². The van der Waals surface area contributed by atoms with Crippen LogP contribution < -0.4 is 10.9 Å². The van der Waals surface area contributed by atoms with E-state index in [9.17, 15) is 27.2 Å². The van der Waals surface area contributed by atoms with Crippen LogP contribution in [0.25, 0.3) is 16.7 Å². The number of alkyl halides is 3. The summed E-state index contributed by atoms with van der Waals surface area (Å²) in [5.74, 6) is -1.24. The largest absolute Gasteiger partial charge is 0.417 e. The molecule has 0 saturated carbocycles. The minimum atomic E-state index is -4.84. The summed E-state index contributed by atoms with van der Waals surface area (Å²) in [6.45, 7) is 4.48. The number of benzene rings is 2. The van der Waals surface area contributed by atoms with Crippen LogP contribution in [0.3, 0.4) is 0 Å². The zero-order valence-corrected chi connectivity index (χ0v) is 18.5. The van der Waals surface area contributed by atoms with E-state index in [1.165, 1.54) is 25.1 Å². The van der Waals surface area contributed by atoms with Crippen molar-refractivity contribution in [2.75, 3.05) is 5.32 Å². The van der Waals surface area contributed by atoms with Gasteiger partial charge in [-0.15, -0.1) is 0 Å². The number of rotatable bonds is 4. The average molecular weight is 472 g/mol. The molecule has 1 amide bonds. The average Bonchev–Trinajstić information content (AvgIpc) is 3.09. The molecular weight excluding hydrogens is 452 g/mol. The molecule has 176 valence electrons. The number of aromatic nitrogens is 3. The number of halogens is 4. The Morgan fingerprint density at radius 3 is 2.44 bits per heavy atom. The number of amides is 1. The van der Waals surface area contributed by atoms with Crippen molar-refractivity contribution in [2.45, 2.75) is 33.5 Å². The number of nitrogens with one attached hydrogen (secondary N) is 1. The van der Waals surface area contributed by atoms with Crippen LogP contribution in [0.4, 0.5) is 23.2 Å². The predicted octanol–water partition coefficient (Wildman–Crippen LogP) is 4.91. The number of carbonyl (C=O) groups is 1. The SMILES string of the molecule is Cc1cccc(NC(=O)Cn2c(=O)cc(C(F)(F)F)c3c(C)nn(-c4cccc(F)c4)c32)c1C. The molecule has 0 radical (unpaired) electrons. The first-order valence-electron chi connectivity index (χ1n) is 10.3. The van der Waals surface area contributed by atoms with Crippen LogP contribution in [0.15, 0.2) is 53.3 Å². The molecule has 10 heteroatoms. The summed E-state index contributed by atoms with van der Waals surface area (Å²) >= 11 is 0. The molecule has 0 aliphatic rings. The summed E-state index contributed by atoms with van der Waals surface area (Å²) in [5, 5.41) is 6.52. The van der Waals surface area contributed by atoms with Crippen molar-refractivity contribution in [1.29, 1.82) is 0 Å². The number of aryl methyl sites for hydroxylation is 2. The van der Waals surface area contributed by atoms with E-state index in [1.807, 2.05) is 19.9 Å². The molecule has 1 N–H and O–H groups in total. The van der Waals surface area contributed by atoms with Gasteiger partial charge in [-0.25, -0.2) is 9.07 Å². The number of hydrogen-bond donors (Lipinski definition) is 1. The summed E-state index contributed by atoms with van der Waals surface area (Å²) < 4.78 is 57.2. The number of carbonyl (C=O) groups excluding carboxylic acids is 1. The number of pyridine rings is 1. The van der Waals surface area contributed by atoms with Gasteiger partial charge in [0.1, 0.15) is 18.0 Å². The molecule has 0 aliphatic carbocycles. The van der Waals surface area contributed by atoms with Crippen molar-refractivity contribution in [3.63, 3.8) is 0 Å². The van der Waals surface area contributed by atoms with E-state index in [2.05, 4.69) is 10.4 Å². The fourth-order valence-electron chi connectivity index (χ4n) is 3.84. The Bertz CT molecular complexity index is 1490. The Labute approximate surface area is 191 Å². The van der Waals surface area contributed by atoms with Gasteiger partial charge in [-0.05, 0) is 56.2 Å². The molecule has 2 aromatic carbocycles. The Balaban J connectivity index is 1.91. The summed E-state index contributed by atoms with van der Waals surface area (Å²) in [6.07, 6.45) is -4.84. The minimum Gasteiger partial charge on any atom is -0.324 e. The van der Waals surface area contributed by atoms with Crippen LogP contribution in [0.1, 0.15) is 22.4 Å². The number of nitrogens with zero attached hydrogens (tertiary/aromatic N) is 3. The second kappa shape index (κ2) is 8.44. The van der Waals surface area contributed by atoms with Crippen molar-refractivity contribution in [2.24, 2.45) is 0 Å². The highest BCUT2D eigenvalue weighted by atomic mass is 19.4. The van der Waals surface area contributed by atoms with Gasteiger partial charge < -0.3 is 5.32 Å². The fourth-order valence-corrected chi connectivity index (χ4v) is 3.84. The quantitative estimate of drug-likeness (QED) is 0.429. The van der Waals surface area contributed by atoms with E-state index < -0.39 is 35.6 Å². The van der Waals surface area contributed by atoms with Crippen LogP contribution in [-0.2, 0) is 17.5 Å². The minimum absolute atomic E-state index is 0.0183. The van der Waals surface area contributed by atoms with Crippen LogP contribution in [0.2, 0.25) is 0 Å². The van der Waals surface area contributed by atoms with Crippen molar-refractivity contribution < 1.29 is 22.4 Å². The molecule has 0 saturated heterocycles. The van der Waals surface area contributed by atoms with Crippen LogP contribution in [-0.4, -0.2) is 20.3 Å². The van der Waals surface area contributed by atoms with Crippen molar-refractivity contribution in [1.82, 2.24) is 14.3 Å². The first-order valence-corrected chi connectivity index (χ1v) is 10.3. The molecule has 2 heterocycles. The molecular formula is C24H20F4N4O2. The van der Waals surface area contributed by atoms with E-state index in [0.717, 1.165) is 26.4 Å². The third kappa shape index (κ3) is 4.18. The van der Waals surface area contributed by atoms with Gasteiger partial charge in [-0.1, -0.05) is 18.2 Å². The molecule has 0 aliphatic heterocycles. The number of hydrogen-bond acceptors (Lipinski definition) is 3. The van der Waals surface area contributed by atoms with Gasteiger partial charge in [0.15, 0.2) is 0 Å². The van der Waals surface area contributed by atoms with Gasteiger partial charge in [0, 0.05) is 11.8 Å². The van der Waals surface area contributed by atoms with Crippen molar-refractivity contribution in [3.8, 4) is 5.69 Å². The standard InChI is InChI=1S/C24H20F4N4O2/c1-13-6-4-9-19(14(13)2)29-20(33)12-31-21(34)11-18(24(26,27)28)22-15(3)30-32(23(22)31)17-8-5-7-16(25)10-17/h4-11H,12H2,1-3H3,(H,29,33). The molecule has 0 bridgehead atoms. The van der Waals surface area contributed by atoms with Crippen LogP contribution >= 0.6 is 0 Å². The maximum atomic E-state index is 13.9. The van der Waals surface area contributed by atoms with E-state index in [4.69, 9.17) is 0 Å². The highest BCUT2D eigenvalue weighted by molar-refractivity contribution is 5.93. The van der Waals surface area contributed by atoms with Crippen LogP contribution in [0.5, 0.6) is 0 Å². The van der Waals surface area contributed by atoms with Gasteiger partial charge in [-0.2, -0.15) is 18.3 Å². The summed E-state index contributed by atoms with van der Waals surface area (Å²) in [7, 11) is 0. The number of anilines is 1. The second-order valence-electron chi connectivity index (χ2n) is 7.95. The summed E-state index contributed by atoms with van der Waals surface area (Å²) in [4.78, 5) is 25.7. The molecule has 0 spiro atoms. The van der Waals surface area contributed by atoms with Crippen LogP contribution in [0, 0.1) is 26.6 Å². The van der Waals surface area contributed by atoms with Gasteiger partial charge in [0.05, 0.1) is 22.3 Å². The Hall–Kier alpha value is -3.95. The topological polar surface area (TPSA) is 68.9 Å². The summed E-state index contributed by atoms with van der Waals surface area (Å²) in [6, 6.07) is 10.8. The zero-order valence-electron chi connectivity index (χ0n) is 18.5. The lowest BCUT2D eigenvalue weighted by molar-refractivity contribution is -0.136. The van der Waals surface area contributed by atoms with Crippen molar-refractivity contribution >= 4 is 22.6 Å². The molecule has 34 heavy (non-hydrogen) atoms. The third-order valence-electron chi connectivity index (χ3n) is 5.63. The Morgan fingerprint density at radius 2 is 1.76 bits per heavy atom. The van der Waals surface area contributed by atoms with Crippen molar-refractivity contribution in [3.05, 3.63) is 87.1 Å². The maximum Gasteiger partial charge on any atom is 0.417 e. The number of fused-ring (bicyclic) bond motifs is 1. The third-order valence-corrected chi connectivity index (χ3v) is 5.63. The molecule has 0 unspecified atom stereocenters. The zero-order chi connectivity index (χ0) is 24.8. The highest BCUT2D eigenvalue weighted by Crippen LogP contribution is 2.36. The molecule has 4 aromatic rings. The summed E-state index contributed by atoms with van der Waals surface area (Å²) in [5.41, 5.74) is -0.0775. The molecule has 0 fully saturated rings. The fraction of sp³-hybridized carbons (Fsp3) is 0.208. The molecule has 2 aromatic heterocycles. The highest BCUT2D eigenvalue weighted by Gasteiger charge is 2.36. The lowest BCUT2D eigenvalue weighted by Crippen LogP contribution is -2.30. The lowest BCUT2D eigenvalue weighted by atomic mass is 10.1. The van der Waals surface area contributed by atoms with E-state index in [0.29, 0.717) is 11.8 Å². The molecule has 6 nitrogen and oxygen atoms in total. The first kappa shape index (κ1) is 23.2. The smallest absolute Gasteiger partial charge is 0.324 e. The molecule has 0 atom stereocenters. The predicted molar refractivity (Wildman–Crippen MR) is 120 cm³/mol. The van der Waals surface area contributed by atoms with Gasteiger partial charge in [0.2, 0.25) is 5.91 Å². The Morgan fingerprint density at radius 1 is 1.06 bits per heavy atom. The maximum absolute atomic E-state index is 13.9. The Kier molecular flexibility index (Phi) is 5.76. The first-order chi connectivity index (χ1) is 16.0.